The standard InChI is InChI=1S/C14H11ClN2O4/c15-11-3-1-9(2-4-11)14(19)16-8-10-7-12(17(20)21)5-6-13(10)18/h1-7,18H,8H2,(H,16,19). The van der Waals surface area contributed by atoms with Crippen molar-refractivity contribution in [2.75, 3.05) is 0 Å². The zero-order valence-electron chi connectivity index (χ0n) is 10.7. The van der Waals surface area contributed by atoms with Gasteiger partial charge in [-0.1, -0.05) is 11.6 Å². The second-order valence-electron chi connectivity index (χ2n) is 4.26. The number of carbonyl (C=O) groups is 1. The molecule has 108 valence electrons. The van der Waals surface area contributed by atoms with Crippen molar-refractivity contribution in [1.82, 2.24) is 5.32 Å². The number of hydrogen-bond acceptors (Lipinski definition) is 4. The third-order valence-electron chi connectivity index (χ3n) is 2.82. The van der Waals surface area contributed by atoms with Gasteiger partial charge in [-0.2, -0.15) is 0 Å². The van der Waals surface area contributed by atoms with E-state index in [0.717, 1.165) is 0 Å². The molecule has 0 aliphatic carbocycles. The molecule has 0 aliphatic heterocycles. The van der Waals surface area contributed by atoms with E-state index in [4.69, 9.17) is 11.6 Å². The van der Waals surface area contributed by atoms with Crippen molar-refractivity contribution in [3.63, 3.8) is 0 Å². The fourth-order valence-electron chi connectivity index (χ4n) is 1.71. The van der Waals surface area contributed by atoms with Gasteiger partial charge < -0.3 is 10.4 Å². The van der Waals surface area contributed by atoms with Crippen molar-refractivity contribution in [2.24, 2.45) is 0 Å². The zero-order chi connectivity index (χ0) is 15.4. The molecule has 2 aromatic rings. The average Bonchev–Trinajstić information content (AvgIpc) is 2.46. The highest BCUT2D eigenvalue weighted by Gasteiger charge is 2.12. The summed E-state index contributed by atoms with van der Waals surface area (Å²) in [6, 6.07) is 9.93. The van der Waals surface area contributed by atoms with Crippen LogP contribution >= 0.6 is 11.6 Å². The van der Waals surface area contributed by atoms with Crippen molar-refractivity contribution in [3.8, 4) is 5.75 Å². The maximum Gasteiger partial charge on any atom is 0.270 e. The van der Waals surface area contributed by atoms with E-state index >= 15 is 0 Å². The summed E-state index contributed by atoms with van der Waals surface area (Å²) in [4.78, 5) is 22.0. The molecule has 0 atom stereocenters. The maximum atomic E-state index is 11.9. The molecule has 1 amide bonds. The molecule has 0 heterocycles. The van der Waals surface area contributed by atoms with E-state index in [1.54, 1.807) is 24.3 Å². The van der Waals surface area contributed by atoms with Gasteiger partial charge in [0.15, 0.2) is 0 Å². The van der Waals surface area contributed by atoms with Crippen LogP contribution in [0.3, 0.4) is 0 Å². The summed E-state index contributed by atoms with van der Waals surface area (Å²) in [5.74, 6) is -0.477. The first-order valence-electron chi connectivity index (χ1n) is 5.97. The SMILES string of the molecule is O=C(NCc1cc([N+](=O)[O-])ccc1O)c1ccc(Cl)cc1. The number of phenols is 1. The predicted molar refractivity (Wildman–Crippen MR) is 77.4 cm³/mol. The predicted octanol–water partition coefficient (Wildman–Crippen LogP) is 2.88. The molecule has 0 saturated heterocycles. The van der Waals surface area contributed by atoms with E-state index in [0.29, 0.717) is 10.6 Å². The van der Waals surface area contributed by atoms with Gasteiger partial charge >= 0.3 is 0 Å². The lowest BCUT2D eigenvalue weighted by molar-refractivity contribution is -0.384. The number of halogens is 1. The number of rotatable bonds is 4. The van der Waals surface area contributed by atoms with E-state index in [9.17, 15) is 20.0 Å². The van der Waals surface area contributed by atoms with Gasteiger partial charge in [-0.15, -0.1) is 0 Å². The van der Waals surface area contributed by atoms with Gasteiger partial charge in [0.25, 0.3) is 11.6 Å². The number of nitro groups is 1. The summed E-state index contributed by atoms with van der Waals surface area (Å²) >= 11 is 5.73. The first-order valence-corrected chi connectivity index (χ1v) is 6.35. The van der Waals surface area contributed by atoms with Crippen LogP contribution in [0.5, 0.6) is 5.75 Å². The van der Waals surface area contributed by atoms with E-state index in [-0.39, 0.29) is 29.5 Å². The molecule has 0 spiro atoms. The van der Waals surface area contributed by atoms with Crippen molar-refractivity contribution in [1.29, 1.82) is 0 Å². The molecule has 7 heteroatoms. The van der Waals surface area contributed by atoms with Gasteiger partial charge in [0.2, 0.25) is 0 Å². The highest BCUT2D eigenvalue weighted by Crippen LogP contribution is 2.22. The second kappa shape index (κ2) is 6.23. The van der Waals surface area contributed by atoms with Crippen LogP contribution in [-0.2, 0) is 6.54 Å². The number of nitrogens with one attached hydrogen (secondary N) is 1. The van der Waals surface area contributed by atoms with Crippen LogP contribution in [0.4, 0.5) is 5.69 Å². The van der Waals surface area contributed by atoms with Crippen LogP contribution in [0.15, 0.2) is 42.5 Å². The first-order chi connectivity index (χ1) is 9.97. The van der Waals surface area contributed by atoms with Gasteiger partial charge in [-0.05, 0) is 30.3 Å². The highest BCUT2D eigenvalue weighted by molar-refractivity contribution is 6.30. The Morgan fingerprint density at radius 2 is 1.90 bits per heavy atom. The van der Waals surface area contributed by atoms with Crippen LogP contribution in [0, 0.1) is 10.1 Å². The fraction of sp³-hybridized carbons (Fsp3) is 0.0714. The molecule has 6 nitrogen and oxygen atoms in total. The number of amides is 1. The molecule has 0 saturated carbocycles. The number of nitrogens with zero attached hydrogens (tertiary/aromatic N) is 1. The lowest BCUT2D eigenvalue weighted by Gasteiger charge is -2.07. The van der Waals surface area contributed by atoms with Crippen molar-refractivity contribution < 1.29 is 14.8 Å². The highest BCUT2D eigenvalue weighted by atomic mass is 35.5. The number of carbonyl (C=O) groups excluding carboxylic acids is 1. The Morgan fingerprint density at radius 1 is 1.24 bits per heavy atom. The Bertz CT molecular complexity index is 686. The Hall–Kier alpha value is -2.60. The molecule has 2 aromatic carbocycles. The summed E-state index contributed by atoms with van der Waals surface area (Å²) in [5.41, 5.74) is 0.527. The minimum absolute atomic E-state index is 0.0189. The van der Waals surface area contributed by atoms with E-state index in [1.807, 2.05) is 0 Å². The zero-order valence-corrected chi connectivity index (χ0v) is 11.5. The second-order valence-corrected chi connectivity index (χ2v) is 4.70. The smallest absolute Gasteiger partial charge is 0.270 e. The lowest BCUT2D eigenvalue weighted by Crippen LogP contribution is -2.22. The van der Waals surface area contributed by atoms with E-state index < -0.39 is 4.92 Å². The van der Waals surface area contributed by atoms with E-state index in [1.165, 1.54) is 18.2 Å². The first kappa shape index (κ1) is 14.8. The molecular formula is C14H11ClN2O4. The van der Waals surface area contributed by atoms with Crippen LogP contribution in [0.2, 0.25) is 5.02 Å². The molecule has 0 unspecified atom stereocenters. The molecular weight excluding hydrogens is 296 g/mol. The third-order valence-corrected chi connectivity index (χ3v) is 3.07. The molecule has 0 bridgehead atoms. The summed E-state index contributed by atoms with van der Waals surface area (Å²) in [6.45, 7) is -0.0189. The molecule has 2 N–H and O–H groups in total. The monoisotopic (exact) mass is 306 g/mol. The topological polar surface area (TPSA) is 92.5 Å². The van der Waals surface area contributed by atoms with Gasteiger partial charge in [0.1, 0.15) is 5.75 Å². The van der Waals surface area contributed by atoms with Crippen LogP contribution in [0.1, 0.15) is 15.9 Å². The number of nitro benzene ring substituents is 1. The Balaban J connectivity index is 2.09. The van der Waals surface area contributed by atoms with Gasteiger partial charge in [0.05, 0.1) is 4.92 Å². The summed E-state index contributed by atoms with van der Waals surface area (Å²) < 4.78 is 0. The molecule has 21 heavy (non-hydrogen) atoms. The van der Waals surface area contributed by atoms with Gasteiger partial charge in [0, 0.05) is 34.8 Å². The van der Waals surface area contributed by atoms with Crippen LogP contribution in [-0.4, -0.2) is 15.9 Å². The molecule has 0 aliphatic rings. The van der Waals surface area contributed by atoms with E-state index in [2.05, 4.69) is 5.32 Å². The number of hydrogen-bond donors (Lipinski definition) is 2. The van der Waals surface area contributed by atoms with Gasteiger partial charge in [-0.25, -0.2) is 0 Å². The number of aromatic hydroxyl groups is 1. The van der Waals surface area contributed by atoms with Crippen LogP contribution in [0.25, 0.3) is 0 Å². The number of non-ortho nitro benzene ring substituents is 1. The summed E-state index contributed by atoms with van der Waals surface area (Å²) in [6.07, 6.45) is 0. The van der Waals surface area contributed by atoms with Crippen molar-refractivity contribution in [2.45, 2.75) is 6.54 Å². The number of phenolic OH excluding ortho intramolecular Hbond substituents is 1. The Morgan fingerprint density at radius 3 is 2.52 bits per heavy atom. The molecule has 2 rings (SSSR count). The lowest BCUT2D eigenvalue weighted by atomic mass is 10.1. The van der Waals surface area contributed by atoms with Crippen LogP contribution < -0.4 is 5.32 Å². The maximum absolute atomic E-state index is 11.9. The van der Waals surface area contributed by atoms with Crippen molar-refractivity contribution >= 4 is 23.2 Å². The average molecular weight is 307 g/mol. The molecule has 0 fully saturated rings. The van der Waals surface area contributed by atoms with Gasteiger partial charge in [-0.3, -0.25) is 14.9 Å². The fourth-order valence-corrected chi connectivity index (χ4v) is 1.83. The quantitative estimate of drug-likeness (QED) is 0.671. The normalized spacial score (nSPS) is 10.1. The Kier molecular flexibility index (Phi) is 4.39. The minimum atomic E-state index is -0.566. The Labute approximate surface area is 125 Å². The molecule has 0 radical (unpaired) electrons. The summed E-state index contributed by atoms with van der Waals surface area (Å²) in [7, 11) is 0. The molecule has 0 aromatic heterocycles. The minimum Gasteiger partial charge on any atom is -0.508 e. The third kappa shape index (κ3) is 3.70. The largest absolute Gasteiger partial charge is 0.508 e. The number of benzene rings is 2. The van der Waals surface area contributed by atoms with Crippen molar-refractivity contribution in [3.05, 3.63) is 68.7 Å². The summed E-state index contributed by atoms with van der Waals surface area (Å²) in [5, 5.41) is 23.4.